The van der Waals surface area contributed by atoms with Gasteiger partial charge >= 0.3 is 5.97 Å². The molecule has 2 aromatic carbocycles. The summed E-state index contributed by atoms with van der Waals surface area (Å²) in [5.74, 6) is 0.446. The summed E-state index contributed by atoms with van der Waals surface area (Å²) in [6.45, 7) is 5.77. The number of rotatable bonds is 6. The van der Waals surface area contributed by atoms with E-state index in [0.29, 0.717) is 11.3 Å². The SMILES string of the molecule is COc1ccc(/C(=C/c2cccc(OC(C)C)c2)C(=O)O)c(C)c1. The predicted molar refractivity (Wildman–Crippen MR) is 95.4 cm³/mol. The van der Waals surface area contributed by atoms with Crippen LogP contribution in [0.25, 0.3) is 11.6 Å². The monoisotopic (exact) mass is 326 g/mol. The van der Waals surface area contributed by atoms with E-state index in [0.717, 1.165) is 16.9 Å². The Morgan fingerprint density at radius 3 is 2.46 bits per heavy atom. The minimum Gasteiger partial charge on any atom is -0.497 e. The second kappa shape index (κ2) is 7.68. The van der Waals surface area contributed by atoms with Gasteiger partial charge in [-0.25, -0.2) is 4.79 Å². The van der Waals surface area contributed by atoms with Crippen LogP contribution in [-0.4, -0.2) is 24.3 Å². The molecule has 126 valence electrons. The highest BCUT2D eigenvalue weighted by Crippen LogP contribution is 2.26. The molecule has 1 N–H and O–H groups in total. The van der Waals surface area contributed by atoms with E-state index in [2.05, 4.69) is 0 Å². The molecule has 0 spiro atoms. The number of aryl methyl sites for hydroxylation is 1. The minimum atomic E-state index is -0.974. The van der Waals surface area contributed by atoms with E-state index in [4.69, 9.17) is 9.47 Å². The summed E-state index contributed by atoms with van der Waals surface area (Å²) in [6, 6.07) is 12.8. The molecular formula is C20H22O4. The molecule has 0 bridgehead atoms. The number of carbonyl (C=O) groups is 1. The average molecular weight is 326 g/mol. The quantitative estimate of drug-likeness (QED) is 0.631. The van der Waals surface area contributed by atoms with Gasteiger partial charge in [0.1, 0.15) is 11.5 Å². The molecule has 0 aromatic heterocycles. The van der Waals surface area contributed by atoms with Crippen molar-refractivity contribution in [3.8, 4) is 11.5 Å². The van der Waals surface area contributed by atoms with Crippen molar-refractivity contribution in [2.75, 3.05) is 7.11 Å². The topological polar surface area (TPSA) is 55.8 Å². The van der Waals surface area contributed by atoms with Crippen molar-refractivity contribution < 1.29 is 19.4 Å². The van der Waals surface area contributed by atoms with Crippen molar-refractivity contribution in [1.29, 1.82) is 0 Å². The molecule has 2 rings (SSSR count). The van der Waals surface area contributed by atoms with Crippen LogP contribution < -0.4 is 9.47 Å². The molecule has 0 aliphatic heterocycles. The maximum atomic E-state index is 11.7. The number of methoxy groups -OCH3 is 1. The van der Waals surface area contributed by atoms with Gasteiger partial charge in [0.05, 0.1) is 18.8 Å². The highest BCUT2D eigenvalue weighted by atomic mass is 16.5. The molecule has 0 fully saturated rings. The van der Waals surface area contributed by atoms with Gasteiger partial charge in [0.25, 0.3) is 0 Å². The zero-order valence-corrected chi connectivity index (χ0v) is 14.4. The standard InChI is InChI=1S/C20H22O4/c1-13(2)24-17-7-5-6-15(11-17)12-19(20(21)22)18-9-8-16(23-4)10-14(18)3/h5-13H,1-4H3,(H,21,22)/b19-12-. The van der Waals surface area contributed by atoms with Gasteiger partial charge in [0, 0.05) is 0 Å². The van der Waals surface area contributed by atoms with Crippen LogP contribution in [0.5, 0.6) is 11.5 Å². The van der Waals surface area contributed by atoms with Crippen LogP contribution in [0.3, 0.4) is 0 Å². The fourth-order valence-electron chi connectivity index (χ4n) is 2.44. The van der Waals surface area contributed by atoms with Crippen LogP contribution in [0, 0.1) is 6.92 Å². The lowest BCUT2D eigenvalue weighted by Crippen LogP contribution is -2.05. The summed E-state index contributed by atoms with van der Waals surface area (Å²) in [5.41, 5.74) is 2.52. The Balaban J connectivity index is 2.44. The molecule has 0 saturated heterocycles. The van der Waals surface area contributed by atoms with E-state index in [1.165, 1.54) is 0 Å². The normalized spacial score (nSPS) is 11.5. The Labute approximate surface area is 142 Å². The first-order chi connectivity index (χ1) is 11.4. The fraction of sp³-hybridized carbons (Fsp3) is 0.250. The fourth-order valence-corrected chi connectivity index (χ4v) is 2.44. The number of benzene rings is 2. The molecule has 0 unspecified atom stereocenters. The molecule has 0 saturated carbocycles. The lowest BCUT2D eigenvalue weighted by molar-refractivity contribution is -0.130. The van der Waals surface area contributed by atoms with Crippen molar-refractivity contribution in [2.45, 2.75) is 26.9 Å². The van der Waals surface area contributed by atoms with E-state index >= 15 is 0 Å². The Kier molecular flexibility index (Phi) is 5.64. The van der Waals surface area contributed by atoms with E-state index in [1.54, 1.807) is 25.3 Å². The lowest BCUT2D eigenvalue weighted by Gasteiger charge is -2.11. The van der Waals surface area contributed by atoms with Gasteiger partial charge in [-0.05, 0) is 67.8 Å². The van der Waals surface area contributed by atoms with Gasteiger partial charge in [-0.3, -0.25) is 0 Å². The van der Waals surface area contributed by atoms with Gasteiger partial charge < -0.3 is 14.6 Å². The number of carboxylic acids is 1. The van der Waals surface area contributed by atoms with Gasteiger partial charge in [0.15, 0.2) is 0 Å². The van der Waals surface area contributed by atoms with Crippen LogP contribution in [0.15, 0.2) is 42.5 Å². The molecule has 0 amide bonds. The summed E-state index contributed by atoms with van der Waals surface area (Å²) in [4.78, 5) is 11.7. The number of aliphatic carboxylic acids is 1. The summed E-state index contributed by atoms with van der Waals surface area (Å²) in [7, 11) is 1.59. The van der Waals surface area contributed by atoms with Gasteiger partial charge in [-0.15, -0.1) is 0 Å². The molecule has 4 nitrogen and oxygen atoms in total. The van der Waals surface area contributed by atoms with Crippen LogP contribution in [0.4, 0.5) is 0 Å². The van der Waals surface area contributed by atoms with E-state index in [1.807, 2.05) is 51.1 Å². The first-order valence-corrected chi connectivity index (χ1v) is 7.77. The predicted octanol–water partition coefficient (Wildman–Crippen LogP) is 4.42. The Morgan fingerprint density at radius 2 is 1.88 bits per heavy atom. The maximum Gasteiger partial charge on any atom is 0.336 e. The average Bonchev–Trinajstić information content (AvgIpc) is 2.52. The van der Waals surface area contributed by atoms with Crippen molar-refractivity contribution in [1.82, 2.24) is 0 Å². The molecule has 0 aliphatic rings. The molecule has 24 heavy (non-hydrogen) atoms. The summed E-state index contributed by atoms with van der Waals surface area (Å²) < 4.78 is 10.8. The zero-order valence-electron chi connectivity index (χ0n) is 14.4. The van der Waals surface area contributed by atoms with Crippen LogP contribution in [0.1, 0.15) is 30.5 Å². The largest absolute Gasteiger partial charge is 0.497 e. The minimum absolute atomic E-state index is 0.0620. The lowest BCUT2D eigenvalue weighted by atomic mass is 9.98. The van der Waals surface area contributed by atoms with E-state index < -0.39 is 5.97 Å². The Bertz CT molecular complexity index is 760. The molecule has 0 radical (unpaired) electrons. The second-order valence-electron chi connectivity index (χ2n) is 5.78. The maximum absolute atomic E-state index is 11.7. The molecule has 0 aliphatic carbocycles. The van der Waals surface area contributed by atoms with Crippen molar-refractivity contribution >= 4 is 17.6 Å². The molecular weight excluding hydrogens is 304 g/mol. The van der Waals surface area contributed by atoms with Crippen molar-refractivity contribution in [2.24, 2.45) is 0 Å². The molecule has 4 heteroatoms. The van der Waals surface area contributed by atoms with Crippen molar-refractivity contribution in [3.05, 3.63) is 59.2 Å². The van der Waals surface area contributed by atoms with E-state index in [9.17, 15) is 9.90 Å². The highest BCUT2D eigenvalue weighted by Gasteiger charge is 2.14. The Hall–Kier alpha value is -2.75. The third kappa shape index (κ3) is 4.38. The summed E-state index contributed by atoms with van der Waals surface area (Å²) >= 11 is 0. The second-order valence-corrected chi connectivity index (χ2v) is 5.78. The molecule has 0 heterocycles. The van der Waals surface area contributed by atoms with Gasteiger partial charge in [-0.1, -0.05) is 18.2 Å². The number of carboxylic acid groups (broad SMARTS) is 1. The van der Waals surface area contributed by atoms with Gasteiger partial charge in [-0.2, -0.15) is 0 Å². The number of hydrogen-bond donors (Lipinski definition) is 1. The first-order valence-electron chi connectivity index (χ1n) is 7.77. The summed E-state index contributed by atoms with van der Waals surface area (Å²) in [5, 5.41) is 9.62. The number of hydrogen-bond acceptors (Lipinski definition) is 3. The Morgan fingerprint density at radius 1 is 1.12 bits per heavy atom. The third-order valence-corrected chi connectivity index (χ3v) is 3.50. The van der Waals surface area contributed by atoms with Crippen LogP contribution in [0.2, 0.25) is 0 Å². The van der Waals surface area contributed by atoms with Crippen molar-refractivity contribution in [3.63, 3.8) is 0 Å². The van der Waals surface area contributed by atoms with Gasteiger partial charge in [0.2, 0.25) is 0 Å². The molecule has 0 atom stereocenters. The van der Waals surface area contributed by atoms with Crippen LogP contribution >= 0.6 is 0 Å². The molecule has 2 aromatic rings. The third-order valence-electron chi connectivity index (χ3n) is 3.50. The van der Waals surface area contributed by atoms with E-state index in [-0.39, 0.29) is 11.7 Å². The summed E-state index contributed by atoms with van der Waals surface area (Å²) in [6.07, 6.45) is 1.72. The zero-order chi connectivity index (χ0) is 17.7. The number of ether oxygens (including phenoxy) is 2. The van der Waals surface area contributed by atoms with Crippen LogP contribution in [-0.2, 0) is 4.79 Å². The highest BCUT2D eigenvalue weighted by molar-refractivity contribution is 6.21. The first kappa shape index (κ1) is 17.6. The smallest absolute Gasteiger partial charge is 0.336 e.